The summed E-state index contributed by atoms with van der Waals surface area (Å²) < 4.78 is 5.00. The van der Waals surface area contributed by atoms with Gasteiger partial charge in [0.15, 0.2) is 21.5 Å². The highest BCUT2D eigenvalue weighted by Crippen LogP contribution is 2.62. The van der Waals surface area contributed by atoms with Crippen molar-refractivity contribution < 1.29 is 9.53 Å². The highest BCUT2D eigenvalue weighted by Gasteiger charge is 2.43. The minimum Gasteiger partial charge on any atom is -0.463 e. The molecule has 0 bridgehead atoms. The first kappa shape index (κ1) is 22.2. The summed E-state index contributed by atoms with van der Waals surface area (Å²) in [4.78, 5) is 13.6. The molecule has 3 nitrogen and oxygen atoms in total. The minimum absolute atomic E-state index is 0.0970. The number of cyclic esters (lactones) is 1. The van der Waals surface area contributed by atoms with Gasteiger partial charge >= 0.3 is 5.97 Å². The van der Waals surface area contributed by atoms with Crippen LogP contribution in [0.4, 0.5) is 0 Å². The lowest BCUT2D eigenvalue weighted by molar-refractivity contribution is -0.150. The molecule has 1 aliphatic heterocycles. The van der Waals surface area contributed by atoms with Gasteiger partial charge in [-0.2, -0.15) is 0 Å². The maximum atomic E-state index is 11.4. The van der Waals surface area contributed by atoms with Crippen molar-refractivity contribution in [3.05, 3.63) is 90.5 Å². The zero-order valence-electron chi connectivity index (χ0n) is 17.6. The number of nitrogens with zero attached hydrogens (tertiary/aromatic N) is 1. The third-order valence-corrected chi connectivity index (χ3v) is 12.4. The Morgan fingerprint density at radius 1 is 0.806 bits per heavy atom. The number of morpholine rings is 1. The SMILES string of the molecule is O=C1CN(CCCCc2ccc([P+](Br)(c3ccccc3)c3ccccc3)cc2)CCO1. The lowest BCUT2D eigenvalue weighted by Crippen LogP contribution is -2.40. The summed E-state index contributed by atoms with van der Waals surface area (Å²) in [6.45, 7) is 2.78. The Morgan fingerprint density at radius 3 is 1.97 bits per heavy atom. The predicted octanol–water partition coefficient (Wildman–Crippen LogP) is 4.47. The summed E-state index contributed by atoms with van der Waals surface area (Å²) in [5.74, 6) is -1.94. The van der Waals surface area contributed by atoms with E-state index in [-0.39, 0.29) is 5.97 Å². The number of hydrogen-bond donors (Lipinski definition) is 0. The van der Waals surface area contributed by atoms with Gasteiger partial charge in [-0.3, -0.25) is 9.69 Å². The van der Waals surface area contributed by atoms with E-state index >= 15 is 0 Å². The van der Waals surface area contributed by atoms with Crippen LogP contribution >= 0.6 is 21.5 Å². The number of aryl methyl sites for hydroxylation is 1. The van der Waals surface area contributed by atoms with Gasteiger partial charge in [0.25, 0.3) is 0 Å². The molecule has 0 unspecified atom stereocenters. The molecule has 160 valence electrons. The fraction of sp³-hybridized carbons (Fsp3) is 0.269. The molecule has 1 fully saturated rings. The number of rotatable bonds is 8. The van der Waals surface area contributed by atoms with Crippen molar-refractivity contribution in [1.29, 1.82) is 0 Å². The molecule has 0 amide bonds. The lowest BCUT2D eigenvalue weighted by atomic mass is 10.1. The molecule has 0 spiro atoms. The van der Waals surface area contributed by atoms with Crippen LogP contribution in [0.15, 0.2) is 84.9 Å². The van der Waals surface area contributed by atoms with Gasteiger partial charge in [-0.1, -0.05) is 48.5 Å². The standard InChI is InChI=1S/C26H28BrNO2P/c27-31(23-10-3-1-4-11-23,24-12-5-2-6-13-24)25-16-14-22(15-17-25)9-7-8-18-28-19-20-30-26(29)21-28/h1-6,10-17H,7-9,18-21H2/q+1. The van der Waals surface area contributed by atoms with E-state index in [2.05, 4.69) is 105 Å². The number of halogens is 1. The Kier molecular flexibility index (Phi) is 7.55. The van der Waals surface area contributed by atoms with Crippen LogP contribution in [0, 0.1) is 0 Å². The molecule has 31 heavy (non-hydrogen) atoms. The maximum absolute atomic E-state index is 11.4. The Balaban J connectivity index is 1.43. The highest BCUT2D eigenvalue weighted by atomic mass is 79.9. The quantitative estimate of drug-likeness (QED) is 0.261. The van der Waals surface area contributed by atoms with Crippen molar-refractivity contribution in [2.45, 2.75) is 19.3 Å². The van der Waals surface area contributed by atoms with Crippen molar-refractivity contribution in [3.63, 3.8) is 0 Å². The molecule has 0 atom stereocenters. The van der Waals surface area contributed by atoms with Gasteiger partial charge in [0.2, 0.25) is 0 Å². The van der Waals surface area contributed by atoms with E-state index in [1.54, 1.807) is 0 Å². The van der Waals surface area contributed by atoms with Crippen LogP contribution in [0.5, 0.6) is 0 Å². The molecule has 1 aliphatic rings. The smallest absolute Gasteiger partial charge is 0.320 e. The van der Waals surface area contributed by atoms with E-state index in [4.69, 9.17) is 4.74 Å². The van der Waals surface area contributed by atoms with Crippen LogP contribution in [0.3, 0.4) is 0 Å². The zero-order chi connectivity index (χ0) is 21.5. The number of benzene rings is 3. The summed E-state index contributed by atoms with van der Waals surface area (Å²) in [7, 11) is 0. The molecule has 0 saturated carbocycles. The summed E-state index contributed by atoms with van der Waals surface area (Å²) in [5.41, 5.74) is 1.36. The predicted molar refractivity (Wildman–Crippen MR) is 134 cm³/mol. The number of hydrogen-bond acceptors (Lipinski definition) is 3. The molecule has 3 aromatic carbocycles. The normalized spacial score (nSPS) is 14.9. The van der Waals surface area contributed by atoms with Crippen LogP contribution in [-0.4, -0.2) is 37.1 Å². The third-order valence-electron chi connectivity index (χ3n) is 5.73. The molecule has 4 rings (SSSR count). The number of unbranched alkanes of at least 4 members (excludes halogenated alkanes) is 1. The Morgan fingerprint density at radius 2 is 1.39 bits per heavy atom. The monoisotopic (exact) mass is 496 g/mol. The fourth-order valence-electron chi connectivity index (χ4n) is 4.03. The highest BCUT2D eigenvalue weighted by molar-refractivity contribution is 9.44. The van der Waals surface area contributed by atoms with Crippen molar-refractivity contribution in [3.8, 4) is 0 Å². The summed E-state index contributed by atoms with van der Waals surface area (Å²) >= 11 is 4.22. The molecule has 0 radical (unpaired) electrons. The summed E-state index contributed by atoms with van der Waals surface area (Å²) in [6.07, 6.45) is 3.28. The van der Waals surface area contributed by atoms with E-state index < -0.39 is 5.96 Å². The second-order valence-electron chi connectivity index (χ2n) is 7.88. The van der Waals surface area contributed by atoms with Crippen LogP contribution in [0.2, 0.25) is 0 Å². The van der Waals surface area contributed by atoms with Crippen molar-refractivity contribution in [2.24, 2.45) is 0 Å². The van der Waals surface area contributed by atoms with Crippen molar-refractivity contribution >= 4 is 43.3 Å². The van der Waals surface area contributed by atoms with Crippen LogP contribution in [0.25, 0.3) is 0 Å². The molecular formula is C26H28BrNO2P+. The van der Waals surface area contributed by atoms with E-state index in [0.717, 1.165) is 32.4 Å². The lowest BCUT2D eigenvalue weighted by Gasteiger charge is -2.25. The second-order valence-corrected chi connectivity index (χ2v) is 13.8. The average molecular weight is 497 g/mol. The first-order chi connectivity index (χ1) is 15.2. The average Bonchev–Trinajstić information content (AvgIpc) is 2.83. The maximum Gasteiger partial charge on any atom is 0.320 e. The third kappa shape index (κ3) is 5.44. The van der Waals surface area contributed by atoms with E-state index in [1.165, 1.54) is 21.5 Å². The summed E-state index contributed by atoms with van der Waals surface area (Å²) in [5, 5.41) is 3.99. The summed E-state index contributed by atoms with van der Waals surface area (Å²) in [6, 6.07) is 30.6. The van der Waals surface area contributed by atoms with E-state index in [1.807, 2.05) is 0 Å². The molecule has 5 heteroatoms. The van der Waals surface area contributed by atoms with Gasteiger partial charge in [0, 0.05) is 6.54 Å². The number of esters is 1. The van der Waals surface area contributed by atoms with Gasteiger partial charge < -0.3 is 4.74 Å². The van der Waals surface area contributed by atoms with Gasteiger partial charge in [-0.25, -0.2) is 0 Å². The largest absolute Gasteiger partial charge is 0.463 e. The van der Waals surface area contributed by atoms with Crippen LogP contribution in [-0.2, 0) is 16.0 Å². The Hall–Kier alpha value is -2.00. The molecule has 0 aliphatic carbocycles. The molecule has 0 aromatic heterocycles. The minimum atomic E-state index is -1.84. The molecule has 1 saturated heterocycles. The van der Waals surface area contributed by atoms with Gasteiger partial charge in [-0.15, -0.1) is 0 Å². The Labute approximate surface area is 193 Å². The van der Waals surface area contributed by atoms with Crippen LogP contribution < -0.4 is 15.9 Å². The number of carbonyl (C=O) groups is 1. The fourth-order valence-corrected chi connectivity index (χ4v) is 8.78. The topological polar surface area (TPSA) is 29.5 Å². The van der Waals surface area contributed by atoms with Crippen LogP contribution in [0.1, 0.15) is 18.4 Å². The number of ether oxygens (including phenoxy) is 1. The molecule has 3 aromatic rings. The van der Waals surface area contributed by atoms with Gasteiger partial charge in [-0.05, 0) is 67.8 Å². The van der Waals surface area contributed by atoms with E-state index in [0.29, 0.717) is 13.2 Å². The number of carbonyl (C=O) groups excluding carboxylic acids is 1. The van der Waals surface area contributed by atoms with Gasteiger partial charge in [0.05, 0.1) is 6.54 Å². The first-order valence-corrected chi connectivity index (χ1v) is 14.6. The first-order valence-electron chi connectivity index (χ1n) is 10.8. The molecule has 1 heterocycles. The Bertz CT molecular complexity index is 940. The van der Waals surface area contributed by atoms with Crippen molar-refractivity contribution in [1.82, 2.24) is 4.90 Å². The second kappa shape index (κ2) is 10.5. The molecule has 0 N–H and O–H groups in total. The molecular weight excluding hydrogens is 469 g/mol. The van der Waals surface area contributed by atoms with Crippen molar-refractivity contribution in [2.75, 3.05) is 26.2 Å². The van der Waals surface area contributed by atoms with Gasteiger partial charge in [0.1, 0.15) is 22.5 Å². The van der Waals surface area contributed by atoms with E-state index in [9.17, 15) is 4.79 Å². The zero-order valence-corrected chi connectivity index (χ0v) is 20.1.